The third kappa shape index (κ3) is 1.19. The van der Waals surface area contributed by atoms with Gasteiger partial charge in [0.05, 0.1) is 11.4 Å². The fraction of sp³-hybridized carbons (Fsp3) is 0.421. The Bertz CT molecular complexity index is 727. The summed E-state index contributed by atoms with van der Waals surface area (Å²) in [4.78, 5) is 7.65. The Morgan fingerprint density at radius 3 is 3.10 bits per heavy atom. The molecule has 5 rings (SSSR count). The fourth-order valence-electron chi connectivity index (χ4n) is 5.35. The van der Waals surface area contributed by atoms with Crippen LogP contribution in [0.25, 0.3) is 0 Å². The number of aliphatic imine (C=N–C) groups is 1. The standard InChI is InChI=1S/C19H20N2/c1-3-17-14-10-13-11-21(17)9-8-19(13)15-6-4-5-7-16(15)20-18(19)12(14)2/h3-7,13-14H,2,8-11H2,1H3/t13-,14-,19+/m1/s1. The Morgan fingerprint density at radius 2 is 2.24 bits per heavy atom. The molecule has 3 fully saturated rings. The molecule has 0 radical (unpaired) electrons. The first-order valence-corrected chi connectivity index (χ1v) is 8.04. The van der Waals surface area contributed by atoms with E-state index in [9.17, 15) is 0 Å². The summed E-state index contributed by atoms with van der Waals surface area (Å²) in [5.74, 6) is 1.20. The first kappa shape index (κ1) is 11.8. The van der Waals surface area contributed by atoms with E-state index in [1.807, 2.05) is 0 Å². The van der Waals surface area contributed by atoms with Gasteiger partial charge >= 0.3 is 0 Å². The Hall–Kier alpha value is -1.83. The van der Waals surface area contributed by atoms with Gasteiger partial charge in [0.2, 0.25) is 0 Å². The molecule has 1 aliphatic carbocycles. The number of fused-ring (bicyclic) bond motifs is 3. The Labute approximate surface area is 125 Å². The Kier molecular flexibility index (Phi) is 2.06. The normalized spacial score (nSPS) is 37.6. The summed E-state index contributed by atoms with van der Waals surface area (Å²) in [6.07, 6.45) is 4.74. The van der Waals surface area contributed by atoms with E-state index in [1.165, 1.54) is 47.6 Å². The molecule has 3 aliphatic heterocycles. The molecular weight excluding hydrogens is 256 g/mol. The van der Waals surface area contributed by atoms with E-state index in [1.54, 1.807) is 0 Å². The maximum Gasteiger partial charge on any atom is 0.0675 e. The van der Waals surface area contributed by atoms with Gasteiger partial charge in [-0.15, -0.1) is 0 Å². The van der Waals surface area contributed by atoms with Crippen molar-refractivity contribution in [1.29, 1.82) is 0 Å². The van der Waals surface area contributed by atoms with Crippen LogP contribution in [0.4, 0.5) is 5.69 Å². The van der Waals surface area contributed by atoms with Crippen molar-refractivity contribution in [3.05, 3.63) is 53.8 Å². The Balaban J connectivity index is 1.78. The summed E-state index contributed by atoms with van der Waals surface area (Å²) in [7, 11) is 0. The van der Waals surface area contributed by atoms with Crippen LogP contribution < -0.4 is 0 Å². The summed E-state index contributed by atoms with van der Waals surface area (Å²) in [6.45, 7) is 9.00. The lowest BCUT2D eigenvalue weighted by atomic mass is 9.53. The van der Waals surface area contributed by atoms with Crippen LogP contribution in [-0.4, -0.2) is 23.7 Å². The summed E-state index contributed by atoms with van der Waals surface area (Å²) in [5, 5.41) is 0. The van der Waals surface area contributed by atoms with Crippen LogP contribution >= 0.6 is 0 Å². The van der Waals surface area contributed by atoms with Gasteiger partial charge < -0.3 is 4.90 Å². The first-order chi connectivity index (χ1) is 10.3. The van der Waals surface area contributed by atoms with Crippen molar-refractivity contribution in [2.45, 2.75) is 25.2 Å². The van der Waals surface area contributed by atoms with Crippen molar-refractivity contribution < 1.29 is 0 Å². The van der Waals surface area contributed by atoms with Gasteiger partial charge in [-0.05, 0) is 42.9 Å². The molecule has 2 nitrogen and oxygen atoms in total. The molecule has 21 heavy (non-hydrogen) atoms. The zero-order valence-corrected chi connectivity index (χ0v) is 12.5. The fourth-order valence-corrected chi connectivity index (χ4v) is 5.35. The minimum Gasteiger partial charge on any atom is -0.374 e. The number of rotatable bonds is 0. The number of hydrogen-bond donors (Lipinski definition) is 0. The van der Waals surface area contributed by atoms with Crippen LogP contribution in [0, 0.1) is 11.8 Å². The van der Waals surface area contributed by atoms with Crippen LogP contribution in [-0.2, 0) is 5.41 Å². The van der Waals surface area contributed by atoms with E-state index in [2.05, 4.69) is 48.7 Å². The number of para-hydroxylation sites is 1. The van der Waals surface area contributed by atoms with Crippen LogP contribution in [0.1, 0.15) is 25.3 Å². The molecule has 4 aliphatic rings. The summed E-state index contributed by atoms with van der Waals surface area (Å²) in [6, 6.07) is 8.77. The molecule has 3 atom stereocenters. The lowest BCUT2D eigenvalue weighted by Gasteiger charge is -2.58. The van der Waals surface area contributed by atoms with Gasteiger partial charge in [-0.1, -0.05) is 30.9 Å². The van der Waals surface area contributed by atoms with Gasteiger partial charge in [-0.3, -0.25) is 4.99 Å². The SMILES string of the molecule is C=C1C2=Nc3ccccc3[C@@]23CCN2C[C@H]3C[C@H]1C2=CC. The van der Waals surface area contributed by atoms with Gasteiger partial charge in [-0.25, -0.2) is 0 Å². The lowest BCUT2D eigenvalue weighted by molar-refractivity contribution is 0.0861. The quantitative estimate of drug-likeness (QED) is 0.703. The number of benzene rings is 1. The second kappa shape index (κ2) is 3.68. The van der Waals surface area contributed by atoms with Crippen molar-refractivity contribution in [2.24, 2.45) is 16.8 Å². The molecule has 1 aromatic rings. The molecule has 1 spiro atoms. The maximum atomic E-state index is 5.04. The molecule has 106 valence electrons. The summed E-state index contributed by atoms with van der Waals surface area (Å²) in [5.41, 5.74) is 6.90. The highest BCUT2D eigenvalue weighted by atomic mass is 15.2. The number of piperidine rings is 2. The molecule has 0 N–H and O–H groups in total. The first-order valence-electron chi connectivity index (χ1n) is 8.04. The van der Waals surface area contributed by atoms with Crippen molar-refractivity contribution in [3.63, 3.8) is 0 Å². The Morgan fingerprint density at radius 1 is 1.38 bits per heavy atom. The highest BCUT2D eigenvalue weighted by Gasteiger charge is 2.59. The van der Waals surface area contributed by atoms with Crippen molar-refractivity contribution in [3.8, 4) is 0 Å². The molecule has 0 amide bonds. The van der Waals surface area contributed by atoms with Crippen molar-refractivity contribution in [2.75, 3.05) is 13.1 Å². The van der Waals surface area contributed by atoms with Gasteiger partial charge in [0, 0.05) is 30.1 Å². The lowest BCUT2D eigenvalue weighted by Crippen LogP contribution is -2.61. The predicted octanol–water partition coefficient (Wildman–Crippen LogP) is 3.83. The molecule has 0 unspecified atom stereocenters. The van der Waals surface area contributed by atoms with Gasteiger partial charge in [0.1, 0.15) is 0 Å². The molecule has 0 aromatic heterocycles. The third-order valence-corrected chi connectivity index (χ3v) is 6.22. The minimum absolute atomic E-state index is 0.167. The third-order valence-electron chi connectivity index (χ3n) is 6.22. The van der Waals surface area contributed by atoms with E-state index in [-0.39, 0.29) is 5.41 Å². The maximum absolute atomic E-state index is 5.04. The van der Waals surface area contributed by atoms with E-state index in [4.69, 9.17) is 4.99 Å². The summed E-state index contributed by atoms with van der Waals surface area (Å²) < 4.78 is 0. The summed E-state index contributed by atoms with van der Waals surface area (Å²) >= 11 is 0. The topological polar surface area (TPSA) is 15.6 Å². The zero-order chi connectivity index (χ0) is 14.2. The number of allylic oxidation sites excluding steroid dienone is 2. The van der Waals surface area contributed by atoms with Crippen LogP contribution in [0.5, 0.6) is 0 Å². The van der Waals surface area contributed by atoms with Crippen LogP contribution in [0.2, 0.25) is 0 Å². The number of nitrogens with zero attached hydrogens (tertiary/aromatic N) is 2. The predicted molar refractivity (Wildman–Crippen MR) is 85.9 cm³/mol. The zero-order valence-electron chi connectivity index (χ0n) is 12.5. The van der Waals surface area contributed by atoms with E-state index in [0.717, 1.165) is 6.54 Å². The smallest absolute Gasteiger partial charge is 0.0675 e. The molecule has 1 aromatic carbocycles. The van der Waals surface area contributed by atoms with Crippen LogP contribution in [0.3, 0.4) is 0 Å². The average Bonchev–Trinajstić information content (AvgIpc) is 2.85. The molecule has 3 heterocycles. The van der Waals surface area contributed by atoms with Crippen LogP contribution in [0.15, 0.2) is 53.2 Å². The van der Waals surface area contributed by atoms with E-state index >= 15 is 0 Å². The molecule has 1 saturated carbocycles. The second-order valence-electron chi connectivity index (χ2n) is 6.87. The molecule has 2 heteroatoms. The van der Waals surface area contributed by atoms with Gasteiger partial charge in [0.15, 0.2) is 0 Å². The van der Waals surface area contributed by atoms with Gasteiger partial charge in [-0.2, -0.15) is 0 Å². The number of hydrogen-bond acceptors (Lipinski definition) is 2. The minimum atomic E-state index is 0.167. The van der Waals surface area contributed by atoms with Crippen molar-refractivity contribution in [1.82, 2.24) is 4.90 Å². The second-order valence-corrected chi connectivity index (χ2v) is 6.87. The molecule has 2 saturated heterocycles. The molecular formula is C19H20N2. The average molecular weight is 276 g/mol. The highest BCUT2D eigenvalue weighted by Crippen LogP contribution is 2.60. The monoisotopic (exact) mass is 276 g/mol. The van der Waals surface area contributed by atoms with Crippen molar-refractivity contribution >= 4 is 11.4 Å². The van der Waals surface area contributed by atoms with Gasteiger partial charge in [0.25, 0.3) is 0 Å². The highest BCUT2D eigenvalue weighted by molar-refractivity contribution is 6.14. The van der Waals surface area contributed by atoms with E-state index < -0.39 is 0 Å². The molecule has 3 bridgehead atoms. The largest absolute Gasteiger partial charge is 0.374 e. The van der Waals surface area contributed by atoms with E-state index in [0.29, 0.717) is 11.8 Å².